The molecule has 0 saturated carbocycles. The monoisotopic (exact) mass is 200 g/mol. The maximum absolute atomic E-state index is 8.63. The van der Waals surface area contributed by atoms with E-state index in [1.807, 2.05) is 41.1 Å². The van der Waals surface area contributed by atoms with Gasteiger partial charge >= 0.3 is 0 Å². The number of imidazole rings is 1. The van der Waals surface area contributed by atoms with Gasteiger partial charge in [0.15, 0.2) is 0 Å². The van der Waals surface area contributed by atoms with Gasteiger partial charge in [-0.1, -0.05) is 24.3 Å². The summed E-state index contributed by atoms with van der Waals surface area (Å²) in [6.07, 6.45) is 9.01. The predicted octanol–water partition coefficient (Wildman–Crippen LogP) is 1.88. The lowest BCUT2D eigenvalue weighted by Crippen LogP contribution is -1.88. The average Bonchev–Trinajstić information content (AvgIpc) is 2.80. The molecule has 1 aromatic carbocycles. The van der Waals surface area contributed by atoms with Crippen LogP contribution in [0.1, 0.15) is 5.56 Å². The van der Waals surface area contributed by atoms with E-state index in [0.717, 1.165) is 11.3 Å². The first kappa shape index (κ1) is 9.68. The van der Waals surface area contributed by atoms with Crippen LogP contribution in [0.4, 0.5) is 0 Å². The molecular formula is C12H12N2O. The summed E-state index contributed by atoms with van der Waals surface area (Å²) < 4.78 is 1.94. The summed E-state index contributed by atoms with van der Waals surface area (Å²) in [7, 11) is 0. The van der Waals surface area contributed by atoms with Gasteiger partial charge in [0.1, 0.15) is 0 Å². The van der Waals surface area contributed by atoms with Gasteiger partial charge in [0.25, 0.3) is 0 Å². The molecule has 0 spiro atoms. The molecule has 0 radical (unpaired) electrons. The lowest BCUT2D eigenvalue weighted by molar-refractivity contribution is 0.343. The molecule has 0 bridgehead atoms. The fourth-order valence-electron chi connectivity index (χ4n) is 1.36. The van der Waals surface area contributed by atoms with E-state index in [1.54, 1.807) is 18.6 Å². The highest BCUT2D eigenvalue weighted by molar-refractivity contribution is 5.51. The second-order valence-electron chi connectivity index (χ2n) is 3.15. The normalized spacial score (nSPS) is 11.0. The SMILES string of the molecule is OC/C=C/c1ccc(-n2ccnc2)cc1. The largest absolute Gasteiger partial charge is 0.392 e. The number of aliphatic hydroxyl groups excluding tert-OH is 1. The van der Waals surface area contributed by atoms with Crippen molar-refractivity contribution >= 4 is 6.08 Å². The van der Waals surface area contributed by atoms with Gasteiger partial charge in [-0.15, -0.1) is 0 Å². The van der Waals surface area contributed by atoms with Gasteiger partial charge in [-0.25, -0.2) is 4.98 Å². The fraction of sp³-hybridized carbons (Fsp3) is 0.0833. The topological polar surface area (TPSA) is 38.0 Å². The van der Waals surface area contributed by atoms with Crippen LogP contribution in [-0.2, 0) is 0 Å². The van der Waals surface area contributed by atoms with Gasteiger partial charge in [0, 0.05) is 18.1 Å². The summed E-state index contributed by atoms with van der Waals surface area (Å²) >= 11 is 0. The predicted molar refractivity (Wildman–Crippen MR) is 59.7 cm³/mol. The van der Waals surface area contributed by atoms with Crippen LogP contribution in [0.15, 0.2) is 49.1 Å². The Morgan fingerprint density at radius 1 is 1.27 bits per heavy atom. The van der Waals surface area contributed by atoms with Gasteiger partial charge in [0.05, 0.1) is 12.9 Å². The smallest absolute Gasteiger partial charge is 0.0991 e. The van der Waals surface area contributed by atoms with Crippen LogP contribution >= 0.6 is 0 Å². The zero-order chi connectivity index (χ0) is 10.5. The third-order valence-corrected chi connectivity index (χ3v) is 2.11. The molecule has 3 heteroatoms. The van der Waals surface area contributed by atoms with Crippen molar-refractivity contribution in [2.24, 2.45) is 0 Å². The van der Waals surface area contributed by atoms with Crippen LogP contribution in [0, 0.1) is 0 Å². The highest BCUT2D eigenvalue weighted by Gasteiger charge is 1.93. The Kier molecular flexibility index (Phi) is 2.95. The lowest BCUT2D eigenvalue weighted by Gasteiger charge is -2.01. The summed E-state index contributed by atoms with van der Waals surface area (Å²) in [5, 5.41) is 8.63. The molecule has 0 atom stereocenters. The second kappa shape index (κ2) is 4.57. The molecule has 0 fully saturated rings. The van der Waals surface area contributed by atoms with E-state index in [0.29, 0.717) is 0 Å². The molecule has 0 aliphatic carbocycles. The first-order valence-electron chi connectivity index (χ1n) is 4.76. The van der Waals surface area contributed by atoms with Gasteiger partial charge in [-0.3, -0.25) is 0 Å². The van der Waals surface area contributed by atoms with Gasteiger partial charge in [-0.05, 0) is 17.7 Å². The summed E-state index contributed by atoms with van der Waals surface area (Å²) in [6.45, 7) is 0.0727. The first-order valence-corrected chi connectivity index (χ1v) is 4.76. The fourth-order valence-corrected chi connectivity index (χ4v) is 1.36. The van der Waals surface area contributed by atoms with Crippen molar-refractivity contribution in [3.63, 3.8) is 0 Å². The summed E-state index contributed by atoms with van der Waals surface area (Å²) in [5.41, 5.74) is 2.15. The number of aromatic nitrogens is 2. The lowest BCUT2D eigenvalue weighted by atomic mass is 10.2. The molecule has 0 amide bonds. The molecule has 3 nitrogen and oxygen atoms in total. The Balaban J connectivity index is 2.21. The minimum atomic E-state index is 0.0727. The van der Waals surface area contributed by atoms with Crippen molar-refractivity contribution in [2.75, 3.05) is 6.61 Å². The standard InChI is InChI=1S/C12H12N2O/c15-9-1-2-11-3-5-12(6-4-11)14-8-7-13-10-14/h1-8,10,15H,9H2/b2-1+. The summed E-state index contributed by atoms with van der Waals surface area (Å²) in [6, 6.07) is 8.03. The van der Waals surface area contributed by atoms with Gasteiger partial charge in [0.2, 0.25) is 0 Å². The van der Waals surface area contributed by atoms with Crippen LogP contribution in [0.25, 0.3) is 11.8 Å². The van der Waals surface area contributed by atoms with E-state index < -0.39 is 0 Å². The molecule has 1 aromatic heterocycles. The number of benzene rings is 1. The van der Waals surface area contributed by atoms with Gasteiger partial charge in [-0.2, -0.15) is 0 Å². The van der Waals surface area contributed by atoms with Crippen LogP contribution < -0.4 is 0 Å². The Morgan fingerprint density at radius 2 is 2.07 bits per heavy atom. The van der Waals surface area contributed by atoms with Crippen LogP contribution in [0.2, 0.25) is 0 Å². The van der Waals surface area contributed by atoms with Crippen molar-refractivity contribution < 1.29 is 5.11 Å². The van der Waals surface area contributed by atoms with E-state index >= 15 is 0 Å². The Morgan fingerprint density at radius 3 is 2.67 bits per heavy atom. The highest BCUT2D eigenvalue weighted by atomic mass is 16.2. The Labute approximate surface area is 88.3 Å². The third kappa shape index (κ3) is 2.33. The van der Waals surface area contributed by atoms with Crippen LogP contribution in [0.3, 0.4) is 0 Å². The summed E-state index contributed by atoms with van der Waals surface area (Å²) in [5.74, 6) is 0. The van der Waals surface area contributed by atoms with E-state index in [2.05, 4.69) is 4.98 Å². The third-order valence-electron chi connectivity index (χ3n) is 2.11. The van der Waals surface area contributed by atoms with Crippen molar-refractivity contribution in [1.82, 2.24) is 9.55 Å². The molecule has 0 aliphatic heterocycles. The van der Waals surface area contributed by atoms with Crippen molar-refractivity contribution in [3.8, 4) is 5.69 Å². The molecule has 2 aromatic rings. The first-order chi connectivity index (χ1) is 7.40. The second-order valence-corrected chi connectivity index (χ2v) is 3.15. The molecule has 0 saturated heterocycles. The van der Waals surface area contributed by atoms with Gasteiger partial charge < -0.3 is 9.67 Å². The zero-order valence-corrected chi connectivity index (χ0v) is 8.24. The maximum Gasteiger partial charge on any atom is 0.0991 e. The highest BCUT2D eigenvalue weighted by Crippen LogP contribution is 2.10. The van der Waals surface area contributed by atoms with Crippen molar-refractivity contribution in [1.29, 1.82) is 0 Å². The number of nitrogens with zero attached hydrogens (tertiary/aromatic N) is 2. The van der Waals surface area contributed by atoms with E-state index in [4.69, 9.17) is 5.11 Å². The maximum atomic E-state index is 8.63. The van der Waals surface area contributed by atoms with Crippen molar-refractivity contribution in [3.05, 3.63) is 54.6 Å². The Hall–Kier alpha value is -1.87. The Bertz CT molecular complexity index is 429. The number of hydrogen-bond donors (Lipinski definition) is 1. The molecule has 15 heavy (non-hydrogen) atoms. The number of aliphatic hydroxyl groups is 1. The molecule has 1 N–H and O–H groups in total. The van der Waals surface area contributed by atoms with Crippen molar-refractivity contribution in [2.45, 2.75) is 0 Å². The van der Waals surface area contributed by atoms with E-state index in [9.17, 15) is 0 Å². The average molecular weight is 200 g/mol. The minimum absolute atomic E-state index is 0.0727. The molecule has 1 heterocycles. The molecular weight excluding hydrogens is 188 g/mol. The van der Waals surface area contributed by atoms with Crippen LogP contribution in [0.5, 0.6) is 0 Å². The molecule has 0 aliphatic rings. The van der Waals surface area contributed by atoms with Crippen LogP contribution in [-0.4, -0.2) is 21.3 Å². The number of rotatable bonds is 3. The molecule has 0 unspecified atom stereocenters. The zero-order valence-electron chi connectivity index (χ0n) is 8.24. The quantitative estimate of drug-likeness (QED) is 0.821. The van der Waals surface area contributed by atoms with E-state index in [-0.39, 0.29) is 6.61 Å². The number of hydrogen-bond acceptors (Lipinski definition) is 2. The molecule has 76 valence electrons. The molecule has 2 rings (SSSR count). The minimum Gasteiger partial charge on any atom is -0.392 e. The van der Waals surface area contributed by atoms with E-state index in [1.165, 1.54) is 0 Å². The summed E-state index contributed by atoms with van der Waals surface area (Å²) in [4.78, 5) is 3.99.